The molecule has 0 radical (unpaired) electrons. The summed E-state index contributed by atoms with van der Waals surface area (Å²) in [6, 6.07) is 16.1. The summed E-state index contributed by atoms with van der Waals surface area (Å²) in [6.07, 6.45) is 0.719. The molecular formula is C23H22N2O3. The van der Waals surface area contributed by atoms with Gasteiger partial charge in [-0.2, -0.15) is 0 Å². The maximum Gasteiger partial charge on any atom is 0.295 e. The van der Waals surface area contributed by atoms with Crippen molar-refractivity contribution in [2.45, 2.75) is 26.3 Å². The Morgan fingerprint density at radius 1 is 1.07 bits per heavy atom. The molecule has 2 heterocycles. The Bertz CT molecular complexity index is 1100. The van der Waals surface area contributed by atoms with Gasteiger partial charge in [0.05, 0.1) is 11.6 Å². The number of hydrogen-bond acceptors (Lipinski definition) is 3. The van der Waals surface area contributed by atoms with E-state index in [4.69, 9.17) is 0 Å². The van der Waals surface area contributed by atoms with Crippen LogP contribution in [0.3, 0.4) is 0 Å². The topological polar surface area (TPSA) is 73.4 Å². The molecule has 5 nitrogen and oxygen atoms in total. The summed E-state index contributed by atoms with van der Waals surface area (Å²) in [7, 11) is 0. The zero-order valence-corrected chi connectivity index (χ0v) is 15.9. The molecule has 142 valence electrons. The average Bonchev–Trinajstić information content (AvgIpc) is 3.16. The maximum atomic E-state index is 12.9. The molecule has 1 unspecified atom stereocenters. The number of Topliss-reactive ketones (excluding diaryl/α,β-unsaturated/α-hetero) is 1. The first-order chi connectivity index (χ1) is 13.5. The number of aryl methyl sites for hydroxylation is 1. The molecule has 0 aliphatic carbocycles. The lowest BCUT2D eigenvalue weighted by Crippen LogP contribution is -2.30. The number of nitrogens with zero attached hydrogens (tertiary/aromatic N) is 1. The van der Waals surface area contributed by atoms with Crippen LogP contribution in [0.15, 0.2) is 60.2 Å². The number of carbonyl (C=O) groups is 2. The van der Waals surface area contributed by atoms with Crippen LogP contribution < -0.4 is 0 Å². The summed E-state index contributed by atoms with van der Waals surface area (Å²) < 4.78 is 0. The number of aromatic amines is 1. The molecule has 2 N–H and O–H groups in total. The van der Waals surface area contributed by atoms with Crippen LogP contribution in [-0.2, 0) is 9.59 Å². The van der Waals surface area contributed by atoms with E-state index in [1.807, 2.05) is 44.2 Å². The number of fused-ring (bicyclic) bond motifs is 1. The van der Waals surface area contributed by atoms with Crippen LogP contribution in [0.25, 0.3) is 16.7 Å². The van der Waals surface area contributed by atoms with Crippen LogP contribution in [0.1, 0.15) is 36.2 Å². The normalized spacial score (nSPS) is 18.9. The Kier molecular flexibility index (Phi) is 4.51. The Morgan fingerprint density at radius 2 is 1.75 bits per heavy atom. The van der Waals surface area contributed by atoms with Crippen LogP contribution in [0.5, 0.6) is 0 Å². The number of aromatic nitrogens is 1. The number of hydrogen-bond donors (Lipinski definition) is 2. The molecule has 1 aliphatic heterocycles. The van der Waals surface area contributed by atoms with Gasteiger partial charge in [-0.25, -0.2) is 0 Å². The molecule has 4 rings (SSSR count). The Morgan fingerprint density at radius 3 is 2.46 bits per heavy atom. The van der Waals surface area contributed by atoms with Gasteiger partial charge in [-0.3, -0.25) is 9.59 Å². The zero-order chi connectivity index (χ0) is 19.8. The smallest absolute Gasteiger partial charge is 0.295 e. The van der Waals surface area contributed by atoms with Crippen LogP contribution in [0.2, 0.25) is 0 Å². The van der Waals surface area contributed by atoms with Gasteiger partial charge < -0.3 is 15.0 Å². The predicted molar refractivity (Wildman–Crippen MR) is 109 cm³/mol. The van der Waals surface area contributed by atoms with Gasteiger partial charge in [0.15, 0.2) is 0 Å². The number of para-hydroxylation sites is 1. The molecule has 5 heteroatoms. The van der Waals surface area contributed by atoms with Crippen molar-refractivity contribution in [3.8, 4) is 0 Å². The zero-order valence-electron chi connectivity index (χ0n) is 15.9. The van der Waals surface area contributed by atoms with E-state index in [2.05, 4.69) is 4.98 Å². The summed E-state index contributed by atoms with van der Waals surface area (Å²) in [6.45, 7) is 4.35. The molecule has 1 saturated heterocycles. The first kappa shape index (κ1) is 18.0. The van der Waals surface area contributed by atoms with Crippen LogP contribution in [-0.4, -0.2) is 33.2 Å². The molecular weight excluding hydrogens is 352 g/mol. The SMILES string of the molecule is CCCN1C(=O)C(=O)/C(=C(/O)c2ccccc2)C1c1c(C)[nH]c2ccccc12. The molecule has 1 fully saturated rings. The molecule has 3 aromatic rings. The highest BCUT2D eigenvalue weighted by atomic mass is 16.3. The second kappa shape index (κ2) is 7.00. The van der Waals surface area contributed by atoms with E-state index < -0.39 is 17.7 Å². The second-order valence-corrected chi connectivity index (χ2v) is 7.07. The van der Waals surface area contributed by atoms with E-state index >= 15 is 0 Å². The van der Waals surface area contributed by atoms with Crippen LogP contribution in [0, 0.1) is 6.92 Å². The predicted octanol–water partition coefficient (Wildman–Crippen LogP) is 4.31. The van der Waals surface area contributed by atoms with Gasteiger partial charge in [-0.15, -0.1) is 0 Å². The van der Waals surface area contributed by atoms with Crippen molar-refractivity contribution in [1.29, 1.82) is 0 Å². The van der Waals surface area contributed by atoms with Gasteiger partial charge in [0, 0.05) is 34.3 Å². The lowest BCUT2D eigenvalue weighted by Gasteiger charge is -2.25. The van der Waals surface area contributed by atoms with Crippen molar-refractivity contribution in [2.75, 3.05) is 6.54 Å². The fourth-order valence-electron chi connectivity index (χ4n) is 4.05. The van der Waals surface area contributed by atoms with Crippen molar-refractivity contribution >= 4 is 28.4 Å². The highest BCUT2D eigenvalue weighted by molar-refractivity contribution is 6.46. The van der Waals surface area contributed by atoms with E-state index in [-0.39, 0.29) is 11.3 Å². The van der Waals surface area contributed by atoms with Crippen LogP contribution >= 0.6 is 0 Å². The lowest BCUT2D eigenvalue weighted by atomic mass is 9.93. The molecule has 1 aliphatic rings. The Labute approximate surface area is 163 Å². The number of carbonyl (C=O) groups excluding carboxylic acids is 2. The molecule has 1 amide bonds. The molecule has 28 heavy (non-hydrogen) atoms. The fourth-order valence-corrected chi connectivity index (χ4v) is 4.05. The number of H-pyrrole nitrogens is 1. The number of likely N-dealkylation sites (tertiary alicyclic amines) is 1. The second-order valence-electron chi connectivity index (χ2n) is 7.07. The Hall–Kier alpha value is -3.34. The van der Waals surface area contributed by atoms with E-state index in [0.29, 0.717) is 12.1 Å². The minimum Gasteiger partial charge on any atom is -0.507 e. The van der Waals surface area contributed by atoms with Gasteiger partial charge in [0.1, 0.15) is 5.76 Å². The standard InChI is InChI=1S/C23H22N2O3/c1-3-13-25-20(18-14(2)24-17-12-8-7-11-16(17)18)19(22(27)23(25)28)21(26)15-9-5-4-6-10-15/h4-12,20,24,26H,3,13H2,1-2H3/b21-19+. The number of nitrogens with one attached hydrogen (secondary N) is 1. The van der Waals surface area contributed by atoms with Gasteiger partial charge in [-0.1, -0.05) is 55.5 Å². The van der Waals surface area contributed by atoms with E-state index in [1.165, 1.54) is 0 Å². The summed E-state index contributed by atoms with van der Waals surface area (Å²) in [4.78, 5) is 30.7. The third-order valence-electron chi connectivity index (χ3n) is 5.27. The number of amides is 1. The van der Waals surface area contributed by atoms with Crippen molar-refractivity contribution in [1.82, 2.24) is 9.88 Å². The van der Waals surface area contributed by atoms with E-state index in [0.717, 1.165) is 28.6 Å². The van der Waals surface area contributed by atoms with Crippen molar-refractivity contribution in [3.05, 3.63) is 77.0 Å². The van der Waals surface area contributed by atoms with Crippen LogP contribution in [0.4, 0.5) is 0 Å². The van der Waals surface area contributed by atoms with Crippen molar-refractivity contribution < 1.29 is 14.7 Å². The third kappa shape index (κ3) is 2.71. The Balaban J connectivity index is 2.00. The van der Waals surface area contributed by atoms with Gasteiger partial charge in [0.2, 0.25) is 0 Å². The lowest BCUT2D eigenvalue weighted by molar-refractivity contribution is -0.139. The van der Waals surface area contributed by atoms with Crippen molar-refractivity contribution in [2.24, 2.45) is 0 Å². The van der Waals surface area contributed by atoms with Crippen molar-refractivity contribution in [3.63, 3.8) is 0 Å². The van der Waals surface area contributed by atoms with Gasteiger partial charge in [-0.05, 0) is 19.4 Å². The maximum absolute atomic E-state index is 12.9. The van der Waals surface area contributed by atoms with Gasteiger partial charge >= 0.3 is 0 Å². The first-order valence-corrected chi connectivity index (χ1v) is 9.45. The molecule has 0 saturated carbocycles. The molecule has 0 bridgehead atoms. The quantitative estimate of drug-likeness (QED) is 0.406. The first-order valence-electron chi connectivity index (χ1n) is 9.45. The number of benzene rings is 2. The molecule has 1 atom stereocenters. The summed E-state index contributed by atoms with van der Waals surface area (Å²) >= 11 is 0. The summed E-state index contributed by atoms with van der Waals surface area (Å²) in [5.41, 5.74) is 3.36. The molecule has 2 aromatic carbocycles. The highest BCUT2D eigenvalue weighted by Gasteiger charge is 2.47. The minimum absolute atomic E-state index is 0.132. The number of aliphatic hydroxyl groups is 1. The number of aliphatic hydroxyl groups excluding tert-OH is 1. The number of rotatable bonds is 4. The highest BCUT2D eigenvalue weighted by Crippen LogP contribution is 2.43. The largest absolute Gasteiger partial charge is 0.507 e. The third-order valence-corrected chi connectivity index (χ3v) is 5.27. The van der Waals surface area contributed by atoms with E-state index in [1.54, 1.807) is 29.2 Å². The minimum atomic E-state index is -0.635. The average molecular weight is 374 g/mol. The monoisotopic (exact) mass is 374 g/mol. The van der Waals surface area contributed by atoms with E-state index in [9.17, 15) is 14.7 Å². The molecule has 1 aromatic heterocycles. The fraction of sp³-hybridized carbons (Fsp3) is 0.217. The summed E-state index contributed by atoms with van der Waals surface area (Å²) in [5, 5.41) is 11.9. The molecule has 0 spiro atoms. The number of ketones is 1. The summed E-state index contributed by atoms with van der Waals surface area (Å²) in [5.74, 6) is -1.33. The van der Waals surface area contributed by atoms with Gasteiger partial charge in [0.25, 0.3) is 11.7 Å².